The first-order valence-corrected chi connectivity index (χ1v) is 35.8. The van der Waals surface area contributed by atoms with E-state index in [4.69, 9.17) is 75.8 Å². The van der Waals surface area contributed by atoms with E-state index in [9.17, 15) is 122 Å². The Morgan fingerprint density at radius 3 is 0.771 bits per heavy atom. The number of hydrogen-bond acceptors (Lipinski definition) is 40. The Morgan fingerprint density at radius 1 is 0.275 bits per heavy atom. The van der Waals surface area contributed by atoms with Crippen LogP contribution in [0.1, 0.15) is 18.4 Å². The van der Waals surface area contributed by atoms with Crippen LogP contribution in [-0.2, 0) is 87.0 Å². The van der Waals surface area contributed by atoms with Gasteiger partial charge in [-0.1, -0.05) is 54.6 Å². The average molecular weight is 1570 g/mol. The molecule has 0 radical (unpaired) electrons. The zero-order valence-corrected chi connectivity index (χ0v) is 57.8. The van der Waals surface area contributed by atoms with Crippen LogP contribution in [0.15, 0.2) is 54.6 Å². The molecule has 16 bridgehead atoms. The summed E-state index contributed by atoms with van der Waals surface area (Å²) in [5.41, 5.74) is 0.953. The van der Waals surface area contributed by atoms with Gasteiger partial charge in [0.2, 0.25) is 5.91 Å². The number of nitrogens with one attached hydrogen (secondary N) is 1. The second-order valence-electron chi connectivity index (χ2n) is 28.5. The molecule has 34 rings (SSSR count). The van der Waals surface area contributed by atoms with E-state index in [1.165, 1.54) is 0 Å². The number of carbonyl (C=O) groups excluding carboxylic acids is 1. The predicted molar refractivity (Wildman–Crippen MR) is 350 cm³/mol. The van der Waals surface area contributed by atoms with Crippen LogP contribution in [0, 0.1) is 0 Å². The van der Waals surface area contributed by atoms with Gasteiger partial charge >= 0.3 is 0 Å². The quantitative estimate of drug-likeness (QED) is 0.0553. The first kappa shape index (κ1) is 82.8. The number of aryl methyl sites for hydroxylation is 1. The van der Waals surface area contributed by atoms with Crippen molar-refractivity contribution in [1.29, 1.82) is 0 Å². The van der Waals surface area contributed by atoms with Crippen LogP contribution < -0.4 is 5.32 Å². The first-order chi connectivity index (χ1) is 52.3. The molecule has 24 N–H and O–H groups in total. The molecule has 30 aliphatic heterocycles. The van der Waals surface area contributed by atoms with Gasteiger partial charge in [-0.2, -0.15) is 0 Å². The van der Waals surface area contributed by atoms with Gasteiger partial charge in [-0.3, -0.25) is 4.79 Å². The monoisotopic (exact) mass is 1570 g/mol. The lowest BCUT2D eigenvalue weighted by molar-refractivity contribution is -0.403. The molecule has 0 aliphatic carbocycles. The van der Waals surface area contributed by atoms with E-state index in [-0.39, 0.29) is 6.42 Å². The van der Waals surface area contributed by atoms with Crippen molar-refractivity contribution < 1.29 is 198 Å². The number of carbonyl (C=O) groups is 1. The molecule has 30 aliphatic rings. The molecule has 4 aromatic carbocycles. The highest BCUT2D eigenvalue weighted by Gasteiger charge is 2.61. The summed E-state index contributed by atoms with van der Waals surface area (Å²) in [4.78, 5) is 13.9. The molecule has 0 unspecified atom stereocenters. The molecule has 41 nitrogen and oxygen atoms in total. The van der Waals surface area contributed by atoms with Crippen LogP contribution in [0.25, 0.3) is 32.3 Å². The predicted octanol–water partition coefficient (Wildman–Crippen LogP) is -12.4. The van der Waals surface area contributed by atoms with Crippen LogP contribution in [0.3, 0.4) is 0 Å². The first-order valence-electron chi connectivity index (χ1n) is 35.8. The molecular weight excluding hydrogens is 1470 g/mol. The molecule has 1 amide bonds. The maximum atomic E-state index is 13.9. The van der Waals surface area contributed by atoms with Gasteiger partial charge in [0, 0.05) is 13.0 Å². The summed E-state index contributed by atoms with van der Waals surface area (Å²) in [6, 6.07) is 18.1. The van der Waals surface area contributed by atoms with Gasteiger partial charge in [0.15, 0.2) is 50.3 Å². The van der Waals surface area contributed by atoms with Crippen molar-refractivity contribution in [2.75, 3.05) is 52.8 Å². The highest BCUT2D eigenvalue weighted by Crippen LogP contribution is 2.42. The summed E-state index contributed by atoms with van der Waals surface area (Å²) >= 11 is 0. The average Bonchev–Trinajstić information content (AvgIpc) is 0.745. The number of ether oxygens (including phenoxy) is 16. The van der Waals surface area contributed by atoms with Gasteiger partial charge in [0.1, 0.15) is 195 Å². The largest absolute Gasteiger partial charge is 0.394 e. The van der Waals surface area contributed by atoms with Gasteiger partial charge in [-0.25, -0.2) is 0 Å². The second-order valence-corrected chi connectivity index (χ2v) is 28.5. The van der Waals surface area contributed by atoms with Crippen molar-refractivity contribution in [3.63, 3.8) is 0 Å². The number of aliphatic hydroxyl groups excluding tert-OH is 23. The third-order valence-electron chi connectivity index (χ3n) is 21.7. The van der Waals surface area contributed by atoms with Crippen molar-refractivity contribution >= 4 is 38.2 Å². The third-order valence-corrected chi connectivity index (χ3v) is 21.7. The van der Waals surface area contributed by atoms with E-state index in [2.05, 4.69) is 5.32 Å². The highest BCUT2D eigenvalue weighted by molar-refractivity contribution is 6.23. The lowest BCUT2D eigenvalue weighted by Crippen LogP contribution is -2.69. The summed E-state index contributed by atoms with van der Waals surface area (Å²) in [7, 11) is 0. The second kappa shape index (κ2) is 35.1. The van der Waals surface area contributed by atoms with Gasteiger partial charge in [0.25, 0.3) is 0 Å². The molecule has 41 heteroatoms. The Balaban J connectivity index is 0.761. The maximum absolute atomic E-state index is 13.9. The molecule has 30 fully saturated rings. The normalized spacial score (nSPS) is 47.1. The van der Waals surface area contributed by atoms with E-state index in [1.54, 1.807) is 0 Å². The molecule has 0 aromatic heterocycles. The van der Waals surface area contributed by atoms with Crippen molar-refractivity contribution in [2.45, 2.75) is 265 Å². The van der Waals surface area contributed by atoms with Crippen LogP contribution in [-0.4, -0.2) is 422 Å². The number of rotatable bonds is 13. The summed E-state index contributed by atoms with van der Waals surface area (Å²) in [5, 5.41) is 269. The zero-order chi connectivity index (χ0) is 77.9. The summed E-state index contributed by atoms with van der Waals surface area (Å²) in [5.74, 6) is -0.582. The van der Waals surface area contributed by atoms with Gasteiger partial charge in [-0.05, 0) is 50.7 Å². The maximum Gasteiger partial charge on any atom is 0.220 e. The van der Waals surface area contributed by atoms with Gasteiger partial charge in [0.05, 0.1) is 46.2 Å². The van der Waals surface area contributed by atoms with E-state index < -0.39 is 304 Å². The van der Waals surface area contributed by atoms with Crippen molar-refractivity contribution in [2.24, 2.45) is 0 Å². The molecule has 40 atom stereocenters. The Bertz CT molecular complexity index is 3560. The van der Waals surface area contributed by atoms with E-state index >= 15 is 0 Å². The summed E-state index contributed by atoms with van der Waals surface area (Å²) in [6.45, 7) is -8.29. The molecular formula is C68H95NO40. The number of hydrogen-bond donors (Lipinski definition) is 24. The lowest BCUT2D eigenvalue weighted by Gasteiger charge is -2.50. The third kappa shape index (κ3) is 16.2. The van der Waals surface area contributed by atoms with Gasteiger partial charge in [-0.15, -0.1) is 0 Å². The minimum atomic E-state index is -2.30. The Hall–Kier alpha value is -4.17. The molecule has 109 heavy (non-hydrogen) atoms. The smallest absolute Gasteiger partial charge is 0.220 e. The molecule has 0 spiro atoms. The number of aliphatic hydroxyl groups is 23. The minimum Gasteiger partial charge on any atom is -0.394 e. The fraction of sp³-hybridized carbons (Fsp3) is 0.750. The molecule has 4 aromatic rings. The molecule has 30 heterocycles. The SMILES string of the molecule is O=C(CCCc1ccc2ccc3cccc4ccc1c2c34)NC[C@H]1O[C@@H]2O[C@H]3[C@H](O)[C@@H](O)[C@@H](O[C@H]4[C@H](O)[C@@H](O)[C@@H](O[C@H]5[C@H](O)[C@@H](O)[C@@H](O[C@H]6[C@H](O)[C@@H](O)[C@@H](O[C@H]7[C@H](O)[C@@H](O)[C@@H](O[C@H]8[C@H](O)[C@@H](O)[C@@H](O[C@H]9[C@H](O)[C@@H](O)[C@@H](O[C@H]1[C@H](O)[C@H]2O)O[C@@H]9CO)O[C@@H]8CO)O[C@@H]7CO)O[C@@H]6CO)O[C@@H]5CO)O[C@@H]4CO)O[C@@H]3CO. The lowest BCUT2D eigenvalue weighted by atomic mass is 9.90. The fourth-order valence-corrected chi connectivity index (χ4v) is 15.7. The van der Waals surface area contributed by atoms with Crippen molar-refractivity contribution in [3.8, 4) is 0 Å². The van der Waals surface area contributed by atoms with Crippen molar-refractivity contribution in [1.82, 2.24) is 5.32 Å². The summed E-state index contributed by atoms with van der Waals surface area (Å²) < 4.78 is 93.5. The van der Waals surface area contributed by atoms with E-state index in [0.717, 1.165) is 37.9 Å². The topological polar surface area (TPSA) is 642 Å². The van der Waals surface area contributed by atoms with Gasteiger partial charge < -0.3 is 199 Å². The minimum absolute atomic E-state index is 0.103. The Labute approximate surface area is 617 Å². The highest BCUT2D eigenvalue weighted by atomic mass is 16.8. The molecule has 612 valence electrons. The number of benzene rings is 4. The molecule has 0 saturated carbocycles. The molecule has 30 saturated heterocycles. The van der Waals surface area contributed by atoms with Crippen LogP contribution in [0.2, 0.25) is 0 Å². The van der Waals surface area contributed by atoms with Crippen LogP contribution in [0.4, 0.5) is 0 Å². The van der Waals surface area contributed by atoms with Crippen molar-refractivity contribution in [3.05, 3.63) is 60.2 Å². The Kier molecular flexibility index (Phi) is 26.7. The summed E-state index contributed by atoms with van der Waals surface area (Å²) in [6.07, 6.45) is -82.4. The standard InChI is InChI=1S/C68H95NO40/c70-14-27-54-39(80)47(88)63(96-27)105-56-29(16-72)98-65(49(90)41(56)82)107-58-31(18-74)100-67(51(92)43(58)84)109-60-33(20-76)101-68(52(93)44(60)85)108-59-32(19-75)99-66(50(91)42(59)83)106-57-30(17-73)97-64(48(89)40(57)81)104-55-28(15-71)95-62(46(87)38(55)79)102-53-26(94-61(103-54)45(86)37(53)78)13-69-34(77)6-2-3-21-7-8-24-10-9-22-4-1-5-23-11-12-25(21)36(24)35(22)23/h1,4-5,7-12,26-33,37-68,70-76,78-93H,2-3,6,13-20H2,(H,69,77)/t26-,27-,28-,29-,30-,31-,32-,33-,37-,38-,39-,40-,41-,42-,43-,44-,45-,46-,47-,48-,49-,50-,51-,52-,53-,54-,55-,56-,57-,58-,59-,60-,61-,62-,63-,64-,65-,66-,67-,68-/m1/s1. The number of amides is 1. The fourth-order valence-electron chi connectivity index (χ4n) is 15.7. The van der Waals surface area contributed by atoms with Crippen LogP contribution in [0.5, 0.6) is 0 Å². The van der Waals surface area contributed by atoms with Crippen LogP contribution >= 0.6 is 0 Å². The van der Waals surface area contributed by atoms with E-state index in [1.807, 2.05) is 54.6 Å². The Morgan fingerprint density at radius 2 is 0.505 bits per heavy atom. The zero-order valence-electron chi connectivity index (χ0n) is 57.8. The van der Waals surface area contributed by atoms with E-state index in [0.29, 0.717) is 12.8 Å².